The standard InChI is InChI=1S/2C4H9.3U.W.7Y/c2*1-4(2)3;;;;;;;;;;;/h2*1-3H3;;;;;;;;;;;/q2*-1;;;;;;;;;;;. The maximum Gasteiger partial charge on any atom is 0 e. The maximum atomic E-state index is 2.08. The molecule has 0 fully saturated rings. The Morgan fingerprint density at radius 3 is 0.368 bits per heavy atom. The number of hydrogen-bond acceptors (Lipinski definition) is 0. The van der Waals surface area contributed by atoms with Crippen LogP contribution in [-0.4, -0.2) is 0 Å². The van der Waals surface area contributed by atoms with Crippen LogP contribution in [0.1, 0.15) is 41.5 Å². The van der Waals surface area contributed by atoms with Crippen molar-refractivity contribution in [3.8, 4) is 0 Å². The van der Waals surface area contributed by atoms with Crippen LogP contribution in [0.3, 0.4) is 0 Å². The molecule has 0 amide bonds. The van der Waals surface area contributed by atoms with E-state index in [1.54, 1.807) is 0 Å². The van der Waals surface area contributed by atoms with Crippen LogP contribution in [0.25, 0.3) is 0 Å². The molecule has 0 aliphatic carbocycles. The minimum Gasteiger partial charge on any atom is -0.323 e. The molecule has 0 spiro atoms. The van der Waals surface area contributed by atoms with Crippen molar-refractivity contribution >= 4 is 0 Å². The van der Waals surface area contributed by atoms with Crippen LogP contribution >= 0.6 is 0 Å². The summed E-state index contributed by atoms with van der Waals surface area (Å²) in [5.41, 5.74) is 0. The van der Waals surface area contributed by atoms with Gasteiger partial charge in [0.2, 0.25) is 0 Å². The third kappa shape index (κ3) is 168. The molecule has 0 bridgehead atoms. The van der Waals surface area contributed by atoms with E-state index in [1.807, 2.05) is 0 Å². The van der Waals surface area contributed by atoms with Crippen molar-refractivity contribution in [2.45, 2.75) is 41.5 Å². The maximum absolute atomic E-state index is 2.08. The van der Waals surface area contributed by atoms with Crippen molar-refractivity contribution in [2.24, 2.45) is 0 Å². The van der Waals surface area contributed by atoms with E-state index in [2.05, 4.69) is 41.5 Å². The molecule has 0 aliphatic rings. The van der Waals surface area contributed by atoms with Gasteiger partial charge in [0.25, 0.3) is 0 Å². The molecule has 11 heteroatoms. The predicted octanol–water partition coefficient (Wildman–Crippen LogP) is 3.22. The second-order valence-electron chi connectivity index (χ2n) is 3.00. The molecule has 0 N–H and O–H groups in total. The summed E-state index contributed by atoms with van der Waals surface area (Å²) in [6.07, 6.45) is 0. The van der Waals surface area contributed by atoms with Gasteiger partial charge in [-0.15, -0.1) is 0 Å². The van der Waals surface area contributed by atoms with Crippen LogP contribution < -0.4 is 0 Å². The van der Waals surface area contributed by atoms with Crippen molar-refractivity contribution in [1.29, 1.82) is 0 Å². The molecule has 0 saturated heterocycles. The topological polar surface area (TPSA) is 0 Å². The average Bonchev–Trinajstić information content (AvgIpc) is 1.25. The molecule has 0 heterocycles. The first-order chi connectivity index (χ1) is 3.46. The van der Waals surface area contributed by atoms with Crippen LogP contribution in [0.2, 0.25) is 0 Å². The summed E-state index contributed by atoms with van der Waals surface area (Å²) in [6.45, 7) is 12.5. The molecule has 91 valence electrons. The van der Waals surface area contributed by atoms with Gasteiger partial charge in [0, 0.05) is 343 Å². The second kappa shape index (κ2) is 78.2. The molecular weight excluding hydrogens is 1620 g/mol. The molecule has 0 aromatic rings. The van der Waals surface area contributed by atoms with Crippen LogP contribution in [0.5, 0.6) is 0 Å². The van der Waals surface area contributed by atoms with E-state index in [4.69, 9.17) is 0 Å². The van der Waals surface area contributed by atoms with Gasteiger partial charge in [-0.1, -0.05) is 0 Å². The zero-order valence-electron chi connectivity index (χ0n) is 12.9. The Morgan fingerprint density at radius 2 is 0.368 bits per heavy atom. The van der Waals surface area contributed by atoms with E-state index in [9.17, 15) is 0 Å². The quantitative estimate of drug-likeness (QED) is 0.328. The molecule has 0 saturated carbocycles. The summed E-state index contributed by atoms with van der Waals surface area (Å²) in [4.78, 5) is 0. The molecule has 0 nitrogen and oxygen atoms in total. The van der Waals surface area contributed by atoms with E-state index < -0.39 is 0 Å². The summed E-state index contributed by atoms with van der Waals surface area (Å²) in [5, 5.41) is 0. The van der Waals surface area contributed by atoms with Gasteiger partial charge in [-0.05, 0) is 0 Å². The fraction of sp³-hybridized carbons (Fsp3) is 0.750. The van der Waals surface area contributed by atoms with Crippen LogP contribution in [0, 0.1) is 105 Å². The van der Waals surface area contributed by atoms with Gasteiger partial charge in [0.1, 0.15) is 0 Å². The molecule has 0 aliphatic heterocycles. The fourth-order valence-corrected chi connectivity index (χ4v) is 0. The summed E-state index contributed by atoms with van der Waals surface area (Å²) in [7, 11) is 0. The van der Waals surface area contributed by atoms with Gasteiger partial charge in [0.05, 0.1) is 0 Å². The molecule has 0 aromatic heterocycles. The fourth-order valence-electron chi connectivity index (χ4n) is 0. The van der Waals surface area contributed by atoms with Crippen molar-refractivity contribution in [2.75, 3.05) is 0 Å². The zero-order valence-corrected chi connectivity index (χ0v) is 48.2. The molecule has 0 aromatic carbocycles. The van der Waals surface area contributed by atoms with Crippen LogP contribution in [0.15, 0.2) is 0 Å². The smallest absolute Gasteiger partial charge is 0 e. The average molecular weight is 1630 g/mol. The van der Waals surface area contributed by atoms with E-state index in [-0.39, 0.29) is 343 Å². The Hall–Kier alpha value is 11.6. The molecule has 19 heavy (non-hydrogen) atoms. The summed E-state index contributed by atoms with van der Waals surface area (Å²) < 4.78 is 0. The van der Waals surface area contributed by atoms with E-state index in [1.165, 1.54) is 11.8 Å². The first kappa shape index (κ1) is 86.6. The SMILES string of the molecule is C[C-](C)C.C[C-](C)C.[U].[U].[U].[W].[Y].[Y].[Y].[Y].[Y].[Y].[Y]. The summed E-state index contributed by atoms with van der Waals surface area (Å²) in [6, 6.07) is 0. The summed E-state index contributed by atoms with van der Waals surface area (Å²) in [5.74, 6) is 2.83. The van der Waals surface area contributed by atoms with Crippen molar-refractivity contribution in [3.63, 3.8) is 0 Å². The molecular formula is C8H18U3WY7-2. The first-order valence-corrected chi connectivity index (χ1v) is 3.00. The normalized spacial score (nSPS) is 3.79. The Bertz CT molecular complexity index is 47.8. The van der Waals surface area contributed by atoms with Crippen LogP contribution in [0.4, 0.5) is 0 Å². The minimum atomic E-state index is 0. The van der Waals surface area contributed by atoms with Gasteiger partial charge in [-0.25, -0.2) is 0 Å². The third-order valence-electron chi connectivity index (χ3n) is 0. The Balaban J connectivity index is -0.00000000218. The van der Waals surface area contributed by atoms with E-state index in [0.717, 1.165) is 0 Å². The predicted molar refractivity (Wildman–Crippen MR) is 40.5 cm³/mol. The largest absolute Gasteiger partial charge is 0.323 e. The molecule has 0 rings (SSSR count). The van der Waals surface area contributed by atoms with Gasteiger partial charge in [-0.2, -0.15) is 41.5 Å². The first-order valence-electron chi connectivity index (χ1n) is 3.00. The second-order valence-corrected chi connectivity index (χ2v) is 3.00. The number of hydrogen-bond donors (Lipinski definition) is 0. The third-order valence-corrected chi connectivity index (χ3v) is 0. The van der Waals surface area contributed by atoms with E-state index >= 15 is 0 Å². The van der Waals surface area contributed by atoms with Crippen LogP contribution in [-0.2, 0) is 250 Å². The number of rotatable bonds is 0. The molecule has 0 atom stereocenters. The Morgan fingerprint density at radius 1 is 0.368 bits per heavy atom. The van der Waals surface area contributed by atoms with Gasteiger partial charge in [0.15, 0.2) is 0 Å². The van der Waals surface area contributed by atoms with Crippen molar-refractivity contribution < 1.29 is 343 Å². The minimum absolute atomic E-state index is 0. The van der Waals surface area contributed by atoms with Crippen molar-refractivity contribution in [1.82, 2.24) is 0 Å². The Labute approximate surface area is 384 Å². The summed E-state index contributed by atoms with van der Waals surface area (Å²) >= 11 is 0. The zero-order chi connectivity index (χ0) is 7.15. The van der Waals surface area contributed by atoms with E-state index in [0.29, 0.717) is 0 Å². The Kier molecular flexibility index (Phi) is 356. The monoisotopic (exact) mass is 1630 g/mol. The van der Waals surface area contributed by atoms with Gasteiger partial charge in [-0.3, -0.25) is 0 Å². The van der Waals surface area contributed by atoms with Crippen molar-refractivity contribution in [3.05, 3.63) is 11.8 Å². The van der Waals surface area contributed by atoms with Gasteiger partial charge >= 0.3 is 0 Å². The molecule has 0 unspecified atom stereocenters. The van der Waals surface area contributed by atoms with Gasteiger partial charge < -0.3 is 11.8 Å². The molecule has 7 radical (unpaired) electrons.